The van der Waals surface area contributed by atoms with E-state index in [-0.39, 0.29) is 23.3 Å². The molecule has 2 saturated heterocycles. The van der Waals surface area contributed by atoms with Gasteiger partial charge in [-0.3, -0.25) is 9.59 Å². The van der Waals surface area contributed by atoms with Gasteiger partial charge >= 0.3 is 0 Å². The Labute approximate surface area is 167 Å². The van der Waals surface area contributed by atoms with E-state index in [1.54, 1.807) is 21.4 Å². The Hall–Kier alpha value is -1.87. The highest BCUT2D eigenvalue weighted by molar-refractivity contribution is 7.89. The first kappa shape index (κ1) is 20.9. The minimum Gasteiger partial charge on any atom is -0.345 e. The number of aryl methyl sites for hydroxylation is 1. The van der Waals surface area contributed by atoms with Crippen LogP contribution in [-0.4, -0.2) is 78.7 Å². The summed E-state index contributed by atoms with van der Waals surface area (Å²) in [5.41, 5.74) is 0.354. The van der Waals surface area contributed by atoms with Gasteiger partial charge < -0.3 is 14.4 Å². The first-order chi connectivity index (χ1) is 13.2. The normalized spacial score (nSPS) is 18.9. The molecule has 8 nitrogen and oxygen atoms in total. The Morgan fingerprint density at radius 3 is 2.32 bits per heavy atom. The molecule has 2 fully saturated rings. The number of rotatable bonds is 5. The van der Waals surface area contributed by atoms with Crippen LogP contribution in [0.4, 0.5) is 0 Å². The lowest BCUT2D eigenvalue weighted by Gasteiger charge is -2.30. The maximum absolute atomic E-state index is 12.9. The molecule has 1 aromatic rings. The highest BCUT2D eigenvalue weighted by Crippen LogP contribution is 2.22. The second-order valence-electron chi connectivity index (χ2n) is 8.00. The van der Waals surface area contributed by atoms with E-state index in [2.05, 4.69) is 6.92 Å². The van der Waals surface area contributed by atoms with Crippen molar-refractivity contribution in [1.82, 2.24) is 18.7 Å². The summed E-state index contributed by atoms with van der Waals surface area (Å²) in [7, 11) is -0.763. The fraction of sp³-hybridized carbons (Fsp3) is 0.684. The molecule has 0 spiro atoms. The lowest BCUT2D eigenvalue weighted by atomic mass is 9.99. The summed E-state index contributed by atoms with van der Waals surface area (Å²) in [4.78, 5) is 28.6. The molecule has 9 heteroatoms. The van der Waals surface area contributed by atoms with Gasteiger partial charge in [-0.1, -0.05) is 6.92 Å². The van der Waals surface area contributed by atoms with E-state index in [4.69, 9.17) is 0 Å². The van der Waals surface area contributed by atoms with Gasteiger partial charge in [0.15, 0.2) is 0 Å². The van der Waals surface area contributed by atoms with Gasteiger partial charge in [-0.25, -0.2) is 8.42 Å². The van der Waals surface area contributed by atoms with Gasteiger partial charge in [-0.2, -0.15) is 4.31 Å². The Morgan fingerprint density at radius 1 is 1.11 bits per heavy atom. The summed E-state index contributed by atoms with van der Waals surface area (Å²) in [5.74, 6) is 0.278. The number of amides is 2. The molecule has 0 aromatic carbocycles. The minimum atomic E-state index is -3.84. The number of likely N-dealkylation sites (tertiary alicyclic amines) is 2. The van der Waals surface area contributed by atoms with Crippen molar-refractivity contribution < 1.29 is 18.0 Å². The Kier molecular flexibility index (Phi) is 6.14. The zero-order chi connectivity index (χ0) is 20.5. The molecular weight excluding hydrogens is 380 g/mol. The fourth-order valence-corrected chi connectivity index (χ4v) is 4.98. The fourth-order valence-electron chi connectivity index (χ4n) is 3.78. The molecule has 1 aromatic heterocycles. The predicted molar refractivity (Wildman–Crippen MR) is 105 cm³/mol. The third-order valence-electron chi connectivity index (χ3n) is 5.79. The van der Waals surface area contributed by atoms with E-state index < -0.39 is 10.0 Å². The molecule has 3 rings (SSSR count). The summed E-state index contributed by atoms with van der Waals surface area (Å²) >= 11 is 0. The maximum atomic E-state index is 12.9. The summed E-state index contributed by atoms with van der Waals surface area (Å²) in [6, 6.07) is 1.42. The zero-order valence-electron chi connectivity index (χ0n) is 16.9. The van der Waals surface area contributed by atoms with Crippen molar-refractivity contribution in [3.63, 3.8) is 0 Å². The summed E-state index contributed by atoms with van der Waals surface area (Å²) in [5, 5.41) is 0. The van der Waals surface area contributed by atoms with Crippen LogP contribution >= 0.6 is 0 Å². The quantitative estimate of drug-likeness (QED) is 0.729. The number of piperidine rings is 1. The average molecular weight is 411 g/mol. The largest absolute Gasteiger partial charge is 0.345 e. The van der Waals surface area contributed by atoms with Gasteiger partial charge in [0.25, 0.3) is 5.91 Å². The molecule has 0 saturated carbocycles. The summed E-state index contributed by atoms with van der Waals surface area (Å²) in [6.45, 7) is 4.74. The number of sulfonamides is 1. The summed E-state index contributed by atoms with van der Waals surface area (Å²) in [6.07, 6.45) is 5.29. The Morgan fingerprint density at radius 2 is 1.71 bits per heavy atom. The van der Waals surface area contributed by atoms with Crippen molar-refractivity contribution in [2.45, 2.75) is 37.5 Å². The molecule has 28 heavy (non-hydrogen) atoms. The second kappa shape index (κ2) is 8.24. The highest BCUT2D eigenvalue weighted by Gasteiger charge is 2.30. The van der Waals surface area contributed by atoms with Gasteiger partial charge in [0.1, 0.15) is 10.6 Å². The van der Waals surface area contributed by atoms with Crippen molar-refractivity contribution in [3.05, 3.63) is 18.0 Å². The van der Waals surface area contributed by atoms with Crippen LogP contribution in [0.2, 0.25) is 0 Å². The van der Waals surface area contributed by atoms with E-state index in [0.29, 0.717) is 37.8 Å². The molecule has 0 atom stereocenters. The van der Waals surface area contributed by atoms with Gasteiger partial charge in [-0.15, -0.1) is 0 Å². The van der Waals surface area contributed by atoms with Gasteiger partial charge in [0, 0.05) is 46.5 Å². The molecule has 0 aliphatic carbocycles. The Bertz CT molecular complexity index is 834. The van der Waals surface area contributed by atoms with Crippen molar-refractivity contribution >= 4 is 21.8 Å². The smallest absolute Gasteiger partial charge is 0.270 e. The van der Waals surface area contributed by atoms with E-state index in [1.165, 1.54) is 19.3 Å². The number of carbonyl (C=O) groups excluding carboxylic acids is 2. The first-order valence-corrected chi connectivity index (χ1v) is 11.3. The summed E-state index contributed by atoms with van der Waals surface area (Å²) < 4.78 is 28.4. The van der Waals surface area contributed by atoms with Crippen molar-refractivity contribution in [1.29, 1.82) is 0 Å². The molecule has 0 radical (unpaired) electrons. The van der Waals surface area contributed by atoms with E-state index in [9.17, 15) is 18.0 Å². The molecule has 0 bridgehead atoms. The molecule has 156 valence electrons. The molecule has 2 amide bonds. The predicted octanol–water partition coefficient (Wildman–Crippen LogP) is 1.14. The molecular formula is C19H30N4O4S. The van der Waals surface area contributed by atoms with Crippen LogP contribution in [0.5, 0.6) is 0 Å². The molecule has 3 heterocycles. The first-order valence-electron chi connectivity index (χ1n) is 9.90. The third-order valence-corrected chi connectivity index (χ3v) is 7.56. The molecule has 0 N–H and O–H groups in total. The number of likely N-dealkylation sites (N-methyl/N-ethyl adjacent to an activating group) is 1. The van der Waals surface area contributed by atoms with Gasteiger partial charge in [0.05, 0.1) is 6.54 Å². The number of carbonyl (C=O) groups is 2. The lowest BCUT2D eigenvalue weighted by Crippen LogP contribution is -2.39. The lowest BCUT2D eigenvalue weighted by molar-refractivity contribution is -0.130. The van der Waals surface area contributed by atoms with E-state index >= 15 is 0 Å². The van der Waals surface area contributed by atoms with Crippen LogP contribution in [-0.2, 0) is 21.9 Å². The Balaban J connectivity index is 1.72. The molecule has 0 unspecified atom stereocenters. The SMILES string of the molecule is CC1CCN(C(=O)c2cc(S(=O)(=O)N(C)CC(=O)N3CCCC3)cn2C)CC1. The van der Waals surface area contributed by atoms with Crippen molar-refractivity contribution in [2.24, 2.45) is 13.0 Å². The van der Waals surface area contributed by atoms with E-state index in [0.717, 1.165) is 30.0 Å². The zero-order valence-corrected chi connectivity index (χ0v) is 17.7. The van der Waals surface area contributed by atoms with E-state index in [1.807, 2.05) is 0 Å². The van der Waals surface area contributed by atoms with Gasteiger partial charge in [-0.05, 0) is 37.7 Å². The van der Waals surface area contributed by atoms with Crippen LogP contribution in [0.25, 0.3) is 0 Å². The monoisotopic (exact) mass is 410 g/mol. The molecule has 2 aliphatic heterocycles. The number of hydrogen-bond acceptors (Lipinski definition) is 4. The van der Waals surface area contributed by atoms with Crippen LogP contribution in [0.1, 0.15) is 43.1 Å². The topological polar surface area (TPSA) is 82.9 Å². The third kappa shape index (κ3) is 4.25. The molecule has 2 aliphatic rings. The number of nitrogens with zero attached hydrogens (tertiary/aromatic N) is 4. The van der Waals surface area contributed by atoms with Crippen molar-refractivity contribution in [2.75, 3.05) is 39.8 Å². The average Bonchev–Trinajstić information content (AvgIpc) is 3.31. The maximum Gasteiger partial charge on any atom is 0.270 e. The highest BCUT2D eigenvalue weighted by atomic mass is 32.2. The van der Waals surface area contributed by atoms with Crippen LogP contribution in [0, 0.1) is 5.92 Å². The van der Waals surface area contributed by atoms with Crippen molar-refractivity contribution in [3.8, 4) is 0 Å². The number of aromatic nitrogens is 1. The standard InChI is InChI=1S/C19H30N4O4S/c1-15-6-10-23(11-7-15)19(25)17-12-16(13-20(17)2)28(26,27)21(3)14-18(24)22-8-4-5-9-22/h12-13,15H,4-11,14H2,1-3H3. The van der Waals surface area contributed by atoms with Crippen LogP contribution in [0.3, 0.4) is 0 Å². The van der Waals surface area contributed by atoms with Crippen LogP contribution in [0.15, 0.2) is 17.2 Å². The second-order valence-corrected chi connectivity index (χ2v) is 10.0. The minimum absolute atomic E-state index is 0.0421. The number of hydrogen-bond donors (Lipinski definition) is 0. The van der Waals surface area contributed by atoms with Crippen LogP contribution < -0.4 is 0 Å². The van der Waals surface area contributed by atoms with Gasteiger partial charge in [0.2, 0.25) is 15.9 Å².